The summed E-state index contributed by atoms with van der Waals surface area (Å²) in [4.78, 5) is 18.4. The molecule has 1 aliphatic rings. The van der Waals surface area contributed by atoms with E-state index in [1.165, 1.54) is 11.1 Å². The van der Waals surface area contributed by atoms with E-state index in [-0.39, 0.29) is 23.5 Å². The van der Waals surface area contributed by atoms with Gasteiger partial charge in [-0.15, -0.1) is 0 Å². The van der Waals surface area contributed by atoms with E-state index in [1.54, 1.807) is 26.4 Å². The molecule has 1 fully saturated rings. The molecule has 1 aliphatic heterocycles. The summed E-state index contributed by atoms with van der Waals surface area (Å²) >= 11 is 0. The normalized spacial score (nSPS) is 18.1. The minimum Gasteiger partial charge on any atom is -0.495 e. The summed E-state index contributed by atoms with van der Waals surface area (Å²) in [6, 6.07) is 7.18. The van der Waals surface area contributed by atoms with Crippen LogP contribution in [0.5, 0.6) is 5.75 Å². The van der Waals surface area contributed by atoms with Crippen molar-refractivity contribution in [1.29, 1.82) is 0 Å². The molecule has 8 heteroatoms. The summed E-state index contributed by atoms with van der Waals surface area (Å²) in [5.74, 6) is 0.582. The minimum absolute atomic E-state index is 0.0150. The zero-order chi connectivity index (χ0) is 19.6. The lowest BCUT2D eigenvalue weighted by Crippen LogP contribution is -2.37. The molecule has 1 amide bonds. The van der Waals surface area contributed by atoms with Crippen molar-refractivity contribution >= 4 is 27.1 Å². The van der Waals surface area contributed by atoms with Gasteiger partial charge in [-0.3, -0.25) is 9.78 Å². The van der Waals surface area contributed by atoms with Crippen molar-refractivity contribution in [2.75, 3.05) is 31.0 Å². The maximum atomic E-state index is 12.8. The molecule has 144 valence electrons. The highest BCUT2D eigenvalue weighted by Gasteiger charge is 2.33. The van der Waals surface area contributed by atoms with Crippen molar-refractivity contribution in [2.24, 2.45) is 0 Å². The summed E-state index contributed by atoms with van der Waals surface area (Å²) in [6.07, 6.45) is 3.58. The number of ether oxygens (including phenoxy) is 1. The van der Waals surface area contributed by atoms with Gasteiger partial charge in [0.25, 0.3) is 5.91 Å². The zero-order valence-electron chi connectivity index (χ0n) is 15.6. The first-order valence-corrected chi connectivity index (χ1v) is 10.5. The van der Waals surface area contributed by atoms with E-state index in [9.17, 15) is 13.2 Å². The van der Waals surface area contributed by atoms with Crippen LogP contribution in [0.2, 0.25) is 0 Å². The molecule has 7 nitrogen and oxygen atoms in total. The first kappa shape index (κ1) is 19.2. The highest BCUT2D eigenvalue weighted by atomic mass is 32.2. The van der Waals surface area contributed by atoms with Crippen LogP contribution in [0.25, 0.3) is 0 Å². The Bertz CT molecular complexity index is 959. The summed E-state index contributed by atoms with van der Waals surface area (Å²) < 4.78 is 28.7. The third kappa shape index (κ3) is 4.39. The van der Waals surface area contributed by atoms with Crippen LogP contribution in [0.3, 0.4) is 0 Å². The number of sulfone groups is 1. The molecule has 1 N–H and O–H groups in total. The Kier molecular flexibility index (Phi) is 5.36. The Morgan fingerprint density at radius 2 is 2.07 bits per heavy atom. The number of benzene rings is 1. The summed E-state index contributed by atoms with van der Waals surface area (Å²) in [7, 11) is 0.180. The van der Waals surface area contributed by atoms with E-state index in [4.69, 9.17) is 4.74 Å². The molecular formula is C19H23N3O4S. The number of nitrogens with one attached hydrogen (secondary N) is 1. The Morgan fingerprint density at radius 3 is 2.74 bits per heavy atom. The molecule has 1 atom stereocenters. The second-order valence-electron chi connectivity index (χ2n) is 6.76. The molecule has 2 aromatic rings. The first-order chi connectivity index (χ1) is 12.8. The van der Waals surface area contributed by atoms with E-state index in [0.29, 0.717) is 23.4 Å². The van der Waals surface area contributed by atoms with E-state index in [2.05, 4.69) is 10.3 Å². The van der Waals surface area contributed by atoms with Gasteiger partial charge in [-0.25, -0.2) is 8.42 Å². The number of carbonyl (C=O) groups excluding carboxylic acids is 1. The van der Waals surface area contributed by atoms with Gasteiger partial charge in [-0.2, -0.15) is 0 Å². The number of rotatable bonds is 5. The molecule has 0 aliphatic carbocycles. The Morgan fingerprint density at radius 1 is 1.30 bits per heavy atom. The lowest BCUT2D eigenvalue weighted by atomic mass is 10.1. The Hall–Kier alpha value is -2.61. The van der Waals surface area contributed by atoms with Crippen molar-refractivity contribution in [3.05, 3.63) is 47.8 Å². The van der Waals surface area contributed by atoms with Crippen LogP contribution in [0.4, 0.5) is 11.4 Å². The van der Waals surface area contributed by atoms with E-state index < -0.39 is 9.84 Å². The number of pyridine rings is 1. The fraction of sp³-hybridized carbons (Fsp3) is 0.368. The molecule has 0 bridgehead atoms. The van der Waals surface area contributed by atoms with Gasteiger partial charge >= 0.3 is 0 Å². The third-order valence-electron chi connectivity index (χ3n) is 4.70. The molecule has 0 spiro atoms. The largest absolute Gasteiger partial charge is 0.495 e. The number of amides is 1. The molecule has 1 unspecified atom stereocenters. The summed E-state index contributed by atoms with van der Waals surface area (Å²) in [5, 5.41) is 3.23. The lowest BCUT2D eigenvalue weighted by Gasteiger charge is -2.23. The number of hydrogen-bond acceptors (Lipinski definition) is 6. The molecule has 0 saturated carbocycles. The van der Waals surface area contributed by atoms with Gasteiger partial charge < -0.3 is 15.0 Å². The molecule has 1 aromatic carbocycles. The highest BCUT2D eigenvalue weighted by Crippen LogP contribution is 2.29. The van der Waals surface area contributed by atoms with Crippen LogP contribution in [-0.4, -0.2) is 55.9 Å². The number of aryl methyl sites for hydroxylation is 1. The van der Waals surface area contributed by atoms with E-state index in [0.717, 1.165) is 11.3 Å². The van der Waals surface area contributed by atoms with Crippen molar-refractivity contribution in [1.82, 2.24) is 9.88 Å². The van der Waals surface area contributed by atoms with Crippen molar-refractivity contribution in [3.8, 4) is 5.75 Å². The van der Waals surface area contributed by atoms with Gasteiger partial charge in [0.1, 0.15) is 5.75 Å². The average Bonchev–Trinajstić information content (AvgIpc) is 3.01. The number of hydrogen-bond donors (Lipinski definition) is 1. The maximum Gasteiger partial charge on any atom is 0.255 e. The Labute approximate surface area is 159 Å². The topological polar surface area (TPSA) is 88.6 Å². The monoisotopic (exact) mass is 389 g/mol. The fourth-order valence-electron chi connectivity index (χ4n) is 3.15. The number of anilines is 2. The van der Waals surface area contributed by atoms with Crippen LogP contribution in [0, 0.1) is 6.92 Å². The minimum atomic E-state index is -3.05. The molecule has 2 heterocycles. The van der Waals surface area contributed by atoms with Crippen LogP contribution in [0.15, 0.2) is 36.7 Å². The first-order valence-electron chi connectivity index (χ1n) is 8.63. The van der Waals surface area contributed by atoms with Crippen LogP contribution in [0.1, 0.15) is 22.3 Å². The van der Waals surface area contributed by atoms with E-state index >= 15 is 0 Å². The molecule has 27 heavy (non-hydrogen) atoms. The second-order valence-corrected chi connectivity index (χ2v) is 8.99. The number of carbonyl (C=O) groups is 1. The standard InChI is InChI=1S/C19H23N3O4S/c1-13-4-5-18(26-3)17(8-13)21-15-9-14(10-20-11-15)19(23)22(2)16-6-7-27(24,25)12-16/h4-5,8-11,16,21H,6-7,12H2,1-3H3. The molecule has 1 saturated heterocycles. The van der Waals surface area contributed by atoms with Crippen molar-refractivity contribution in [3.63, 3.8) is 0 Å². The zero-order valence-corrected chi connectivity index (χ0v) is 16.4. The second kappa shape index (κ2) is 7.56. The van der Waals surface area contributed by atoms with Crippen LogP contribution in [-0.2, 0) is 9.84 Å². The number of nitrogens with zero attached hydrogens (tertiary/aromatic N) is 2. The summed E-state index contributed by atoms with van der Waals surface area (Å²) in [5.41, 5.74) is 2.90. The Balaban J connectivity index is 1.79. The molecule has 3 rings (SSSR count). The molecule has 1 aromatic heterocycles. The van der Waals surface area contributed by atoms with Gasteiger partial charge in [0.05, 0.1) is 41.8 Å². The predicted octanol–water partition coefficient (Wildman–Crippen LogP) is 2.40. The van der Waals surface area contributed by atoms with Gasteiger partial charge in [0, 0.05) is 19.3 Å². The average molecular weight is 389 g/mol. The fourth-order valence-corrected chi connectivity index (χ4v) is 4.92. The summed E-state index contributed by atoms with van der Waals surface area (Å²) in [6.45, 7) is 1.98. The number of aromatic nitrogens is 1. The van der Waals surface area contributed by atoms with E-state index in [1.807, 2.05) is 25.1 Å². The van der Waals surface area contributed by atoms with Crippen LogP contribution < -0.4 is 10.1 Å². The SMILES string of the molecule is COc1ccc(C)cc1Nc1cncc(C(=O)N(C)C2CCS(=O)(=O)C2)c1. The molecular weight excluding hydrogens is 366 g/mol. The van der Waals surface area contributed by atoms with Crippen molar-refractivity contribution in [2.45, 2.75) is 19.4 Å². The quantitative estimate of drug-likeness (QED) is 0.845. The van der Waals surface area contributed by atoms with Gasteiger partial charge in [-0.05, 0) is 37.1 Å². The third-order valence-corrected chi connectivity index (χ3v) is 6.45. The van der Waals surface area contributed by atoms with Crippen LogP contribution >= 0.6 is 0 Å². The molecule has 0 radical (unpaired) electrons. The van der Waals surface area contributed by atoms with Gasteiger partial charge in [0.2, 0.25) is 0 Å². The maximum absolute atomic E-state index is 12.8. The van der Waals surface area contributed by atoms with Gasteiger partial charge in [0.15, 0.2) is 9.84 Å². The van der Waals surface area contributed by atoms with Gasteiger partial charge in [-0.1, -0.05) is 6.07 Å². The lowest BCUT2D eigenvalue weighted by molar-refractivity contribution is 0.0747. The van der Waals surface area contributed by atoms with Crippen molar-refractivity contribution < 1.29 is 17.9 Å². The smallest absolute Gasteiger partial charge is 0.255 e. The highest BCUT2D eigenvalue weighted by molar-refractivity contribution is 7.91. The number of methoxy groups -OCH3 is 1. The predicted molar refractivity (Wildman–Crippen MR) is 104 cm³/mol.